The van der Waals surface area contributed by atoms with E-state index in [1.54, 1.807) is 7.11 Å². The minimum absolute atomic E-state index is 0.0916. The maximum absolute atomic E-state index is 11.4. The highest BCUT2D eigenvalue weighted by molar-refractivity contribution is 7.85. The van der Waals surface area contributed by atoms with Crippen LogP contribution in [0, 0.1) is 0 Å². The second kappa shape index (κ2) is 9.58. The molecule has 0 aliphatic heterocycles. The molecule has 0 spiro atoms. The zero-order valence-corrected chi connectivity index (χ0v) is 9.85. The summed E-state index contributed by atoms with van der Waals surface area (Å²) in [5, 5.41) is 0.0916. The molecule has 0 fully saturated rings. The molecule has 0 aliphatic carbocycles. The highest BCUT2D eigenvalue weighted by Crippen LogP contribution is 1.96. The summed E-state index contributed by atoms with van der Waals surface area (Å²) in [5.41, 5.74) is 5.40. The van der Waals surface area contributed by atoms with Crippen LogP contribution in [0.3, 0.4) is 0 Å². The fraction of sp³-hybridized carbons (Fsp3) is 1.00. The van der Waals surface area contributed by atoms with Crippen LogP contribution in [-0.4, -0.2) is 48.7 Å². The smallest absolute Gasteiger partial charge is 0.0700 e. The zero-order chi connectivity index (χ0) is 10.8. The van der Waals surface area contributed by atoms with Gasteiger partial charge in [-0.25, -0.2) is 0 Å². The zero-order valence-electron chi connectivity index (χ0n) is 9.03. The van der Waals surface area contributed by atoms with E-state index in [1.165, 1.54) is 0 Å². The van der Waals surface area contributed by atoms with Crippen LogP contribution in [-0.2, 0) is 20.3 Å². The Morgan fingerprint density at radius 2 is 2.07 bits per heavy atom. The maximum Gasteiger partial charge on any atom is 0.0700 e. The molecule has 2 unspecified atom stereocenters. The van der Waals surface area contributed by atoms with Crippen molar-refractivity contribution in [2.45, 2.75) is 18.6 Å². The molecule has 0 amide bonds. The molecule has 86 valence electrons. The third kappa shape index (κ3) is 7.44. The minimum atomic E-state index is -0.808. The number of rotatable bonds is 9. The van der Waals surface area contributed by atoms with Crippen molar-refractivity contribution in [2.75, 3.05) is 39.2 Å². The van der Waals surface area contributed by atoms with E-state index in [2.05, 4.69) is 0 Å². The Bertz CT molecular complexity index is 155. The van der Waals surface area contributed by atoms with E-state index in [1.807, 2.05) is 6.92 Å². The lowest BCUT2D eigenvalue weighted by atomic mass is 10.5. The highest BCUT2D eigenvalue weighted by Gasteiger charge is 2.07. The lowest BCUT2D eigenvalue weighted by molar-refractivity contribution is 0.0713. The summed E-state index contributed by atoms with van der Waals surface area (Å²) in [5.74, 6) is 0.672. The van der Waals surface area contributed by atoms with Crippen LogP contribution in [0.15, 0.2) is 0 Å². The predicted molar refractivity (Wildman–Crippen MR) is 58.8 cm³/mol. The molecule has 4 nitrogen and oxygen atoms in total. The third-order valence-electron chi connectivity index (χ3n) is 1.85. The molecule has 2 atom stereocenters. The molecule has 2 N–H and O–H groups in total. The summed E-state index contributed by atoms with van der Waals surface area (Å²) in [6.07, 6.45) is 0.820. The van der Waals surface area contributed by atoms with Crippen molar-refractivity contribution < 1.29 is 13.7 Å². The lowest BCUT2D eigenvalue weighted by Gasteiger charge is -2.08. The second-order valence-corrected chi connectivity index (χ2v) is 5.06. The molecule has 0 heterocycles. The standard InChI is InChI=1S/C9H21NO3S/c1-9(8-10)14(11)7-3-4-13-6-5-12-2/h9H,3-8,10H2,1-2H3. The van der Waals surface area contributed by atoms with E-state index in [-0.39, 0.29) is 5.25 Å². The predicted octanol–water partition coefficient (Wildman–Crippen LogP) is 0.135. The van der Waals surface area contributed by atoms with Crippen LogP contribution in [0.4, 0.5) is 0 Å². The minimum Gasteiger partial charge on any atom is -0.382 e. The lowest BCUT2D eigenvalue weighted by Crippen LogP contribution is -2.24. The van der Waals surface area contributed by atoms with Crippen LogP contribution < -0.4 is 5.73 Å². The molecule has 0 aliphatic rings. The number of ether oxygens (including phenoxy) is 2. The summed E-state index contributed by atoms with van der Waals surface area (Å²) < 4.78 is 21.5. The van der Waals surface area contributed by atoms with Crippen molar-refractivity contribution in [2.24, 2.45) is 5.73 Å². The average Bonchev–Trinajstić information content (AvgIpc) is 2.21. The molecular weight excluding hydrogens is 202 g/mol. The van der Waals surface area contributed by atoms with Gasteiger partial charge >= 0.3 is 0 Å². The van der Waals surface area contributed by atoms with E-state index in [0.29, 0.717) is 32.1 Å². The van der Waals surface area contributed by atoms with Gasteiger partial charge in [0.05, 0.1) is 13.2 Å². The monoisotopic (exact) mass is 223 g/mol. The second-order valence-electron chi connectivity index (χ2n) is 3.09. The molecule has 14 heavy (non-hydrogen) atoms. The van der Waals surface area contributed by atoms with E-state index >= 15 is 0 Å². The first-order valence-corrected chi connectivity index (χ1v) is 6.24. The summed E-state index contributed by atoms with van der Waals surface area (Å²) in [6.45, 7) is 4.25. The largest absolute Gasteiger partial charge is 0.382 e. The molecule has 0 aromatic heterocycles. The summed E-state index contributed by atoms with van der Waals surface area (Å²) in [6, 6.07) is 0. The number of nitrogens with two attached hydrogens (primary N) is 1. The van der Waals surface area contributed by atoms with Gasteiger partial charge in [-0.1, -0.05) is 0 Å². The van der Waals surface area contributed by atoms with Crippen molar-refractivity contribution in [3.8, 4) is 0 Å². The van der Waals surface area contributed by atoms with Gasteiger partial charge in [-0.3, -0.25) is 4.21 Å². The van der Waals surface area contributed by atoms with Crippen molar-refractivity contribution in [1.29, 1.82) is 0 Å². The van der Waals surface area contributed by atoms with Gasteiger partial charge < -0.3 is 15.2 Å². The number of methoxy groups -OCH3 is 1. The van der Waals surface area contributed by atoms with Crippen molar-refractivity contribution in [1.82, 2.24) is 0 Å². The van der Waals surface area contributed by atoms with Gasteiger partial charge in [0.25, 0.3) is 0 Å². The van der Waals surface area contributed by atoms with Gasteiger partial charge in [-0.15, -0.1) is 0 Å². The summed E-state index contributed by atoms with van der Waals surface area (Å²) in [7, 11) is 0.832. The van der Waals surface area contributed by atoms with E-state index in [9.17, 15) is 4.21 Å². The summed E-state index contributed by atoms with van der Waals surface area (Å²) >= 11 is 0. The van der Waals surface area contributed by atoms with E-state index < -0.39 is 10.8 Å². The Morgan fingerprint density at radius 3 is 2.64 bits per heavy atom. The topological polar surface area (TPSA) is 61.5 Å². The molecule has 0 saturated heterocycles. The molecular formula is C9H21NO3S. The SMILES string of the molecule is COCCOCCCS(=O)C(C)CN. The maximum atomic E-state index is 11.4. The quantitative estimate of drug-likeness (QED) is 0.565. The Kier molecular flexibility index (Phi) is 9.60. The van der Waals surface area contributed by atoms with Gasteiger partial charge in [-0.2, -0.15) is 0 Å². The molecule has 5 heteroatoms. The van der Waals surface area contributed by atoms with Crippen LogP contribution >= 0.6 is 0 Å². The normalized spacial score (nSPS) is 15.4. The first-order valence-electron chi connectivity index (χ1n) is 4.86. The first kappa shape index (κ1) is 14.0. The van der Waals surface area contributed by atoms with Gasteiger partial charge in [-0.05, 0) is 13.3 Å². The molecule has 0 saturated carbocycles. The Hall–Kier alpha value is 0.0300. The fourth-order valence-electron chi connectivity index (χ4n) is 0.856. The molecule has 0 aromatic carbocycles. The molecule has 0 aromatic rings. The number of hydrogen-bond donors (Lipinski definition) is 1. The molecule has 0 rings (SSSR count). The highest BCUT2D eigenvalue weighted by atomic mass is 32.2. The van der Waals surface area contributed by atoms with Crippen molar-refractivity contribution >= 4 is 10.8 Å². The van der Waals surface area contributed by atoms with Gasteiger partial charge in [0.1, 0.15) is 0 Å². The van der Waals surface area contributed by atoms with Gasteiger partial charge in [0.2, 0.25) is 0 Å². The number of hydrogen-bond acceptors (Lipinski definition) is 4. The van der Waals surface area contributed by atoms with E-state index in [0.717, 1.165) is 6.42 Å². The van der Waals surface area contributed by atoms with Gasteiger partial charge in [0.15, 0.2) is 0 Å². The Balaban J connectivity index is 3.23. The fourth-order valence-corrected chi connectivity index (χ4v) is 1.88. The third-order valence-corrected chi connectivity index (χ3v) is 3.63. The molecule has 0 bridgehead atoms. The van der Waals surface area contributed by atoms with Crippen molar-refractivity contribution in [3.63, 3.8) is 0 Å². The Labute approximate surface area is 88.6 Å². The molecule has 0 radical (unpaired) electrons. The Morgan fingerprint density at radius 1 is 1.36 bits per heavy atom. The average molecular weight is 223 g/mol. The van der Waals surface area contributed by atoms with Crippen LogP contribution in [0.2, 0.25) is 0 Å². The van der Waals surface area contributed by atoms with Crippen LogP contribution in [0.5, 0.6) is 0 Å². The first-order chi connectivity index (χ1) is 6.72. The van der Waals surface area contributed by atoms with Crippen LogP contribution in [0.25, 0.3) is 0 Å². The van der Waals surface area contributed by atoms with Crippen molar-refractivity contribution in [3.05, 3.63) is 0 Å². The van der Waals surface area contributed by atoms with E-state index in [4.69, 9.17) is 15.2 Å². The van der Waals surface area contributed by atoms with Crippen LogP contribution in [0.1, 0.15) is 13.3 Å². The van der Waals surface area contributed by atoms with Gasteiger partial charge in [0, 0.05) is 42.1 Å². The summed E-state index contributed by atoms with van der Waals surface area (Å²) in [4.78, 5) is 0.